The van der Waals surface area contributed by atoms with Crippen molar-refractivity contribution >= 4 is 29.3 Å². The van der Waals surface area contributed by atoms with E-state index in [0.29, 0.717) is 13.1 Å². The molecule has 5 nitrogen and oxygen atoms in total. The fourth-order valence-electron chi connectivity index (χ4n) is 1.42. The van der Waals surface area contributed by atoms with Crippen LogP contribution in [-0.4, -0.2) is 36.4 Å². The summed E-state index contributed by atoms with van der Waals surface area (Å²) in [6, 6.07) is 7.59. The number of carbonyl (C=O) groups is 2. The standard InChI is InChI=1S/C13H19N3O2S/c1-10-3-2-4-11(7-10)16-13(18)9-19-8-12(17)15-6-5-14/h2-4,7H,5-6,8-9,14H2,1H3,(H,15,17)(H,16,18). The lowest BCUT2D eigenvalue weighted by Gasteiger charge is -2.06. The maximum atomic E-state index is 11.6. The summed E-state index contributed by atoms with van der Waals surface area (Å²) in [5.41, 5.74) is 7.13. The second-order valence-corrected chi connectivity index (χ2v) is 5.03. The van der Waals surface area contributed by atoms with Crippen molar-refractivity contribution in [3.8, 4) is 0 Å². The highest BCUT2D eigenvalue weighted by molar-refractivity contribution is 8.00. The molecule has 0 bridgehead atoms. The SMILES string of the molecule is Cc1cccc(NC(=O)CSCC(=O)NCCN)c1. The Balaban J connectivity index is 2.23. The molecule has 1 aromatic rings. The van der Waals surface area contributed by atoms with Gasteiger partial charge >= 0.3 is 0 Å². The molecule has 4 N–H and O–H groups in total. The van der Waals surface area contributed by atoms with Gasteiger partial charge in [-0.2, -0.15) is 0 Å². The third-order valence-corrected chi connectivity index (χ3v) is 3.17. The summed E-state index contributed by atoms with van der Waals surface area (Å²) in [4.78, 5) is 22.9. The smallest absolute Gasteiger partial charge is 0.234 e. The fourth-order valence-corrected chi connectivity index (χ4v) is 2.07. The van der Waals surface area contributed by atoms with Gasteiger partial charge in [0, 0.05) is 18.8 Å². The molecule has 0 saturated heterocycles. The zero-order valence-electron chi connectivity index (χ0n) is 10.9. The van der Waals surface area contributed by atoms with Crippen LogP contribution in [0.4, 0.5) is 5.69 Å². The summed E-state index contributed by atoms with van der Waals surface area (Å²) in [6.07, 6.45) is 0. The molecule has 0 spiro atoms. The molecule has 1 rings (SSSR count). The molecule has 0 aliphatic carbocycles. The van der Waals surface area contributed by atoms with Gasteiger partial charge in [0.25, 0.3) is 0 Å². The van der Waals surface area contributed by atoms with Crippen LogP contribution < -0.4 is 16.4 Å². The highest BCUT2D eigenvalue weighted by atomic mass is 32.2. The van der Waals surface area contributed by atoms with Crippen molar-refractivity contribution in [1.29, 1.82) is 0 Å². The number of aryl methyl sites for hydroxylation is 1. The zero-order valence-corrected chi connectivity index (χ0v) is 11.8. The van der Waals surface area contributed by atoms with E-state index in [4.69, 9.17) is 5.73 Å². The van der Waals surface area contributed by atoms with E-state index < -0.39 is 0 Å². The number of hydrogen-bond donors (Lipinski definition) is 3. The van der Waals surface area contributed by atoms with Crippen molar-refractivity contribution in [2.24, 2.45) is 5.73 Å². The first kappa shape index (κ1) is 15.5. The zero-order chi connectivity index (χ0) is 14.1. The van der Waals surface area contributed by atoms with Gasteiger partial charge in [0.1, 0.15) is 0 Å². The molecule has 0 radical (unpaired) electrons. The number of carbonyl (C=O) groups excluding carboxylic acids is 2. The summed E-state index contributed by atoms with van der Waals surface area (Å²) in [5, 5.41) is 5.43. The molecule has 104 valence electrons. The summed E-state index contributed by atoms with van der Waals surface area (Å²) < 4.78 is 0. The van der Waals surface area contributed by atoms with Crippen LogP contribution in [0, 0.1) is 6.92 Å². The molecular formula is C13H19N3O2S. The van der Waals surface area contributed by atoms with Crippen LogP contribution in [0.1, 0.15) is 5.56 Å². The van der Waals surface area contributed by atoms with E-state index in [-0.39, 0.29) is 23.3 Å². The van der Waals surface area contributed by atoms with E-state index in [2.05, 4.69) is 10.6 Å². The van der Waals surface area contributed by atoms with E-state index in [0.717, 1.165) is 11.3 Å². The average Bonchev–Trinajstić information content (AvgIpc) is 2.36. The highest BCUT2D eigenvalue weighted by Crippen LogP contribution is 2.10. The number of nitrogens with one attached hydrogen (secondary N) is 2. The van der Waals surface area contributed by atoms with E-state index >= 15 is 0 Å². The minimum atomic E-state index is -0.109. The van der Waals surface area contributed by atoms with Crippen molar-refractivity contribution in [3.63, 3.8) is 0 Å². The van der Waals surface area contributed by atoms with Crippen molar-refractivity contribution in [1.82, 2.24) is 5.32 Å². The molecule has 0 aliphatic rings. The van der Waals surface area contributed by atoms with Gasteiger partial charge in [0.15, 0.2) is 0 Å². The lowest BCUT2D eigenvalue weighted by molar-refractivity contribution is -0.118. The molecule has 0 unspecified atom stereocenters. The summed E-state index contributed by atoms with van der Waals surface area (Å²) in [5.74, 6) is 0.312. The number of anilines is 1. The molecule has 6 heteroatoms. The minimum Gasteiger partial charge on any atom is -0.354 e. The topological polar surface area (TPSA) is 84.2 Å². The van der Waals surface area contributed by atoms with E-state index in [1.165, 1.54) is 11.8 Å². The van der Waals surface area contributed by atoms with Crippen LogP contribution in [-0.2, 0) is 9.59 Å². The van der Waals surface area contributed by atoms with Gasteiger partial charge in [0.2, 0.25) is 11.8 Å². The molecule has 1 aromatic carbocycles. The Kier molecular flexibility index (Phi) is 6.99. The average molecular weight is 281 g/mol. The Labute approximate surface area is 117 Å². The Hall–Kier alpha value is -1.53. The quantitative estimate of drug-likeness (QED) is 0.688. The number of hydrogen-bond acceptors (Lipinski definition) is 4. The molecule has 0 heterocycles. The molecule has 0 atom stereocenters. The predicted octanol–water partition coefficient (Wildman–Crippen LogP) is 0.742. The normalized spacial score (nSPS) is 10.0. The molecular weight excluding hydrogens is 262 g/mol. The number of thioether (sulfide) groups is 1. The largest absolute Gasteiger partial charge is 0.354 e. The number of rotatable bonds is 7. The van der Waals surface area contributed by atoms with Crippen LogP contribution in [0.3, 0.4) is 0 Å². The molecule has 0 aromatic heterocycles. The highest BCUT2D eigenvalue weighted by Gasteiger charge is 2.05. The predicted molar refractivity (Wildman–Crippen MR) is 79.2 cm³/mol. The first-order valence-corrected chi connectivity index (χ1v) is 7.18. The molecule has 2 amide bonds. The summed E-state index contributed by atoms with van der Waals surface area (Å²) in [7, 11) is 0. The maximum absolute atomic E-state index is 11.6. The van der Waals surface area contributed by atoms with Crippen LogP contribution in [0.25, 0.3) is 0 Å². The number of nitrogens with two attached hydrogens (primary N) is 1. The van der Waals surface area contributed by atoms with Gasteiger partial charge in [-0.15, -0.1) is 11.8 Å². The maximum Gasteiger partial charge on any atom is 0.234 e. The van der Waals surface area contributed by atoms with E-state index in [1.807, 2.05) is 31.2 Å². The van der Waals surface area contributed by atoms with E-state index in [9.17, 15) is 9.59 Å². The monoisotopic (exact) mass is 281 g/mol. The Bertz CT molecular complexity index is 438. The van der Waals surface area contributed by atoms with Crippen molar-refractivity contribution in [3.05, 3.63) is 29.8 Å². The van der Waals surface area contributed by atoms with Crippen molar-refractivity contribution in [2.75, 3.05) is 29.9 Å². The van der Waals surface area contributed by atoms with Crippen LogP contribution in [0.2, 0.25) is 0 Å². The molecule has 0 aliphatic heterocycles. The first-order valence-electron chi connectivity index (χ1n) is 6.03. The van der Waals surface area contributed by atoms with Crippen LogP contribution >= 0.6 is 11.8 Å². The second kappa shape index (κ2) is 8.55. The van der Waals surface area contributed by atoms with Gasteiger partial charge in [-0.1, -0.05) is 12.1 Å². The number of amides is 2. The molecule has 0 saturated carbocycles. The Morgan fingerprint density at radius 2 is 2.00 bits per heavy atom. The fraction of sp³-hybridized carbons (Fsp3) is 0.385. The minimum absolute atomic E-state index is 0.0983. The van der Waals surface area contributed by atoms with Crippen molar-refractivity contribution in [2.45, 2.75) is 6.92 Å². The van der Waals surface area contributed by atoms with Gasteiger partial charge in [-0.05, 0) is 24.6 Å². The van der Waals surface area contributed by atoms with Crippen LogP contribution in [0.5, 0.6) is 0 Å². The second-order valence-electron chi connectivity index (χ2n) is 4.05. The lowest BCUT2D eigenvalue weighted by atomic mass is 10.2. The number of benzene rings is 1. The Morgan fingerprint density at radius 3 is 2.68 bits per heavy atom. The molecule has 0 fully saturated rings. The first-order chi connectivity index (χ1) is 9.11. The third-order valence-electron chi connectivity index (χ3n) is 2.23. The van der Waals surface area contributed by atoms with Gasteiger partial charge in [0.05, 0.1) is 11.5 Å². The molecule has 19 heavy (non-hydrogen) atoms. The van der Waals surface area contributed by atoms with Gasteiger partial charge < -0.3 is 16.4 Å². The van der Waals surface area contributed by atoms with Crippen molar-refractivity contribution < 1.29 is 9.59 Å². The summed E-state index contributed by atoms with van der Waals surface area (Å²) in [6.45, 7) is 2.85. The van der Waals surface area contributed by atoms with E-state index in [1.54, 1.807) is 0 Å². The summed E-state index contributed by atoms with van der Waals surface area (Å²) >= 11 is 1.28. The third kappa shape index (κ3) is 6.83. The van der Waals surface area contributed by atoms with Gasteiger partial charge in [-0.25, -0.2) is 0 Å². The van der Waals surface area contributed by atoms with Gasteiger partial charge in [-0.3, -0.25) is 9.59 Å². The lowest BCUT2D eigenvalue weighted by Crippen LogP contribution is -2.30. The van der Waals surface area contributed by atoms with Crippen LogP contribution in [0.15, 0.2) is 24.3 Å². The Morgan fingerprint density at radius 1 is 1.26 bits per heavy atom.